The molecule has 0 amide bonds. The Balaban J connectivity index is 1.26. The molecule has 0 aliphatic rings. The molecule has 38 heavy (non-hydrogen) atoms. The molecule has 0 aliphatic heterocycles. The van der Waals surface area contributed by atoms with Crippen molar-refractivity contribution in [2.75, 3.05) is 18.7 Å². The first kappa shape index (κ1) is 23.9. The number of nitrogen functional groups attached to an aromatic ring is 1. The fraction of sp³-hybridized carbons (Fsp3) is 0.107. The maximum absolute atomic E-state index is 14.2. The molecule has 6 aromatic rings. The second-order valence-corrected chi connectivity index (χ2v) is 10.5. The van der Waals surface area contributed by atoms with E-state index in [1.54, 1.807) is 23.0 Å². The van der Waals surface area contributed by atoms with E-state index in [1.165, 1.54) is 6.33 Å². The topological polar surface area (TPSA) is 114 Å². The van der Waals surface area contributed by atoms with E-state index in [9.17, 15) is 4.57 Å². The van der Waals surface area contributed by atoms with Crippen LogP contribution in [-0.4, -0.2) is 32.5 Å². The monoisotopic (exact) mass is 525 g/mol. The molecule has 0 fully saturated rings. The van der Waals surface area contributed by atoms with Gasteiger partial charge in [0.05, 0.1) is 12.9 Å². The smallest absolute Gasteiger partial charge is 0.414 e. The number of ether oxygens (including phenoxy) is 1. The van der Waals surface area contributed by atoms with E-state index in [2.05, 4.69) is 15.0 Å². The third-order valence-corrected chi connectivity index (χ3v) is 7.58. The van der Waals surface area contributed by atoms with Crippen LogP contribution in [-0.2, 0) is 15.8 Å². The Hall–Kier alpha value is -4.46. The van der Waals surface area contributed by atoms with Gasteiger partial charge in [0.2, 0.25) is 0 Å². The van der Waals surface area contributed by atoms with Crippen molar-refractivity contribution in [3.8, 4) is 11.5 Å². The number of rotatable bonds is 9. The van der Waals surface area contributed by atoms with Crippen LogP contribution < -0.4 is 14.8 Å². The van der Waals surface area contributed by atoms with Crippen LogP contribution in [0.25, 0.3) is 32.7 Å². The lowest BCUT2D eigenvalue weighted by molar-refractivity contribution is 0.152. The lowest BCUT2D eigenvalue weighted by atomic mass is 10.1. The lowest BCUT2D eigenvalue weighted by Gasteiger charge is -2.22. The van der Waals surface area contributed by atoms with Crippen LogP contribution in [0, 0.1) is 0 Å². The van der Waals surface area contributed by atoms with Crippen LogP contribution in [0.2, 0.25) is 0 Å². The maximum Gasteiger partial charge on any atom is 0.456 e. The minimum atomic E-state index is -3.83. The molecule has 0 unspecified atom stereocenters. The molecule has 0 aliphatic carbocycles. The highest BCUT2D eigenvalue weighted by Crippen LogP contribution is 2.51. The number of hydrogen-bond donors (Lipinski definition) is 1. The summed E-state index contributed by atoms with van der Waals surface area (Å²) in [5.41, 5.74) is 7.00. The normalized spacial score (nSPS) is 11.8. The van der Waals surface area contributed by atoms with Crippen LogP contribution in [0.4, 0.5) is 5.82 Å². The van der Waals surface area contributed by atoms with E-state index >= 15 is 0 Å². The number of imidazole rings is 1. The third-order valence-electron chi connectivity index (χ3n) is 6.13. The Labute approximate surface area is 218 Å². The van der Waals surface area contributed by atoms with Gasteiger partial charge in [0.15, 0.2) is 17.8 Å². The van der Waals surface area contributed by atoms with E-state index in [0.29, 0.717) is 35.0 Å². The summed E-state index contributed by atoms with van der Waals surface area (Å²) < 4.78 is 34.2. The van der Waals surface area contributed by atoms with Gasteiger partial charge in [-0.25, -0.2) is 19.5 Å². The molecule has 0 atom stereocenters. The Kier molecular flexibility index (Phi) is 6.37. The highest BCUT2D eigenvalue weighted by atomic mass is 31.2. The first-order valence-electron chi connectivity index (χ1n) is 12.0. The Morgan fingerprint density at radius 3 is 2.03 bits per heavy atom. The van der Waals surface area contributed by atoms with Crippen LogP contribution in [0.15, 0.2) is 97.6 Å². The molecule has 9 nitrogen and oxygen atoms in total. The lowest BCUT2D eigenvalue weighted by Crippen LogP contribution is -2.12. The first-order chi connectivity index (χ1) is 18.6. The molecule has 4 aromatic carbocycles. The van der Waals surface area contributed by atoms with E-state index in [-0.39, 0.29) is 13.0 Å². The number of nitrogens with two attached hydrogens (primary N) is 1. The third kappa shape index (κ3) is 4.77. The van der Waals surface area contributed by atoms with Crippen molar-refractivity contribution in [2.45, 2.75) is 6.54 Å². The summed E-state index contributed by atoms with van der Waals surface area (Å²) in [5.74, 6) is 1.23. The average Bonchev–Trinajstić information content (AvgIpc) is 3.36. The van der Waals surface area contributed by atoms with Gasteiger partial charge in [-0.15, -0.1) is 0 Å². The summed E-state index contributed by atoms with van der Waals surface area (Å²) in [7, 11) is -3.83. The summed E-state index contributed by atoms with van der Waals surface area (Å²) >= 11 is 0. The largest absolute Gasteiger partial charge is 0.456 e. The summed E-state index contributed by atoms with van der Waals surface area (Å²) in [6, 6.07) is 26.7. The Morgan fingerprint density at radius 2 is 1.37 bits per heavy atom. The highest BCUT2D eigenvalue weighted by Gasteiger charge is 2.30. The zero-order chi connectivity index (χ0) is 26.0. The standard InChI is InChI=1S/C28H24N5O4P/c29-27-26-28(31-17-30-27)33(18-32-26)15-16-35-19-38(34,36-24-13-5-9-20-7-1-3-11-22(20)24)37-25-14-6-10-21-8-2-4-12-23(21)25/h1-14,17-18H,15-16,19H2,(H2,29,30,31). The van der Waals surface area contributed by atoms with Crippen molar-refractivity contribution in [3.63, 3.8) is 0 Å². The molecular weight excluding hydrogens is 501 g/mol. The second kappa shape index (κ2) is 10.1. The molecule has 2 aromatic heterocycles. The van der Waals surface area contributed by atoms with Gasteiger partial charge >= 0.3 is 7.60 Å². The van der Waals surface area contributed by atoms with E-state index in [1.807, 2.05) is 72.8 Å². The fourth-order valence-corrected chi connectivity index (χ4v) is 5.74. The molecule has 10 heteroatoms. The van der Waals surface area contributed by atoms with Gasteiger partial charge in [0.25, 0.3) is 0 Å². The van der Waals surface area contributed by atoms with Gasteiger partial charge in [0.1, 0.15) is 23.3 Å². The van der Waals surface area contributed by atoms with Crippen molar-refractivity contribution < 1.29 is 18.3 Å². The predicted octanol–water partition coefficient (Wildman–Crippen LogP) is 6.04. The van der Waals surface area contributed by atoms with Crippen molar-refractivity contribution in [3.05, 3.63) is 97.6 Å². The number of benzene rings is 4. The molecule has 2 heterocycles. The first-order valence-corrected chi connectivity index (χ1v) is 13.8. The predicted molar refractivity (Wildman–Crippen MR) is 147 cm³/mol. The minimum Gasteiger partial charge on any atom is -0.414 e. The SMILES string of the molecule is Nc1ncnc2c1ncn2CCOCP(=O)(Oc1cccc2ccccc12)Oc1cccc2ccccc12. The van der Waals surface area contributed by atoms with E-state index in [4.69, 9.17) is 19.5 Å². The van der Waals surface area contributed by atoms with Crippen LogP contribution in [0.5, 0.6) is 11.5 Å². The van der Waals surface area contributed by atoms with Gasteiger partial charge in [-0.3, -0.25) is 0 Å². The summed E-state index contributed by atoms with van der Waals surface area (Å²) in [4.78, 5) is 12.5. The number of anilines is 1. The van der Waals surface area contributed by atoms with Crippen molar-refractivity contribution in [2.24, 2.45) is 0 Å². The Morgan fingerprint density at radius 1 is 0.763 bits per heavy atom. The highest BCUT2D eigenvalue weighted by molar-refractivity contribution is 7.54. The van der Waals surface area contributed by atoms with Gasteiger partial charge in [-0.1, -0.05) is 72.8 Å². The van der Waals surface area contributed by atoms with Crippen molar-refractivity contribution >= 4 is 46.1 Å². The van der Waals surface area contributed by atoms with E-state index < -0.39 is 7.60 Å². The molecule has 6 rings (SSSR count). The molecule has 0 spiro atoms. The van der Waals surface area contributed by atoms with Crippen LogP contribution >= 0.6 is 7.60 Å². The Bertz CT molecular complexity index is 1710. The van der Waals surface area contributed by atoms with Gasteiger partial charge in [-0.05, 0) is 22.9 Å². The van der Waals surface area contributed by atoms with Gasteiger partial charge in [-0.2, -0.15) is 0 Å². The van der Waals surface area contributed by atoms with Crippen LogP contribution in [0.3, 0.4) is 0 Å². The molecule has 2 N–H and O–H groups in total. The number of fused-ring (bicyclic) bond motifs is 3. The number of hydrogen-bond acceptors (Lipinski definition) is 8. The number of nitrogens with zero attached hydrogens (tertiary/aromatic N) is 4. The molecular formula is C28H24N5O4P. The fourth-order valence-electron chi connectivity index (χ4n) is 4.32. The zero-order valence-corrected chi connectivity index (χ0v) is 21.2. The van der Waals surface area contributed by atoms with Crippen LogP contribution in [0.1, 0.15) is 0 Å². The quantitative estimate of drug-likeness (QED) is 0.180. The van der Waals surface area contributed by atoms with Crippen molar-refractivity contribution in [1.29, 1.82) is 0 Å². The average molecular weight is 526 g/mol. The maximum atomic E-state index is 14.2. The van der Waals surface area contributed by atoms with E-state index in [0.717, 1.165) is 21.5 Å². The van der Waals surface area contributed by atoms with Crippen molar-refractivity contribution in [1.82, 2.24) is 19.5 Å². The minimum absolute atomic E-state index is 0.219. The second-order valence-electron chi connectivity index (χ2n) is 8.65. The summed E-state index contributed by atoms with van der Waals surface area (Å²) in [5, 5.41) is 3.60. The molecule has 190 valence electrons. The summed E-state index contributed by atoms with van der Waals surface area (Å²) in [6.45, 7) is 0.632. The molecule has 0 saturated carbocycles. The molecule has 0 saturated heterocycles. The number of aromatic nitrogens is 4. The molecule has 0 bridgehead atoms. The molecule has 0 radical (unpaired) electrons. The van der Waals surface area contributed by atoms with Gasteiger partial charge in [0, 0.05) is 17.3 Å². The zero-order valence-electron chi connectivity index (χ0n) is 20.3. The van der Waals surface area contributed by atoms with Gasteiger partial charge < -0.3 is 24.1 Å². The summed E-state index contributed by atoms with van der Waals surface area (Å²) in [6.07, 6.45) is 2.75.